The Labute approximate surface area is 399 Å². The van der Waals surface area contributed by atoms with Crippen LogP contribution in [0.3, 0.4) is 0 Å². The van der Waals surface area contributed by atoms with Crippen molar-refractivity contribution < 1.29 is 28.6 Å². The summed E-state index contributed by atoms with van der Waals surface area (Å²) in [6.07, 6.45) is 71.9. The van der Waals surface area contributed by atoms with Crippen LogP contribution in [0.4, 0.5) is 0 Å². The Bertz CT molecular complexity index is 1400. The van der Waals surface area contributed by atoms with Gasteiger partial charge in [-0.05, 0) is 89.9 Å². The number of hydrogen-bond acceptors (Lipinski definition) is 6. The second-order valence-electron chi connectivity index (χ2n) is 16.8. The molecule has 6 nitrogen and oxygen atoms in total. The smallest absolute Gasteiger partial charge is 0.306 e. The summed E-state index contributed by atoms with van der Waals surface area (Å²) in [4.78, 5) is 38.0. The zero-order valence-corrected chi connectivity index (χ0v) is 41.7. The fourth-order valence-electron chi connectivity index (χ4n) is 6.67. The van der Waals surface area contributed by atoms with Crippen LogP contribution in [0.1, 0.15) is 213 Å². The van der Waals surface area contributed by atoms with Gasteiger partial charge in [0.05, 0.1) is 0 Å². The van der Waals surface area contributed by atoms with E-state index in [1.807, 2.05) is 66.8 Å². The molecule has 0 aromatic rings. The summed E-state index contributed by atoms with van der Waals surface area (Å²) in [6.45, 7) is 6.35. The molecule has 0 aromatic heterocycles. The third-order valence-electron chi connectivity index (χ3n) is 10.6. The fraction of sp³-hybridized carbons (Fsp3) is 0.610. The summed E-state index contributed by atoms with van der Waals surface area (Å²) in [5.41, 5.74) is 0. The van der Waals surface area contributed by atoms with Gasteiger partial charge in [-0.3, -0.25) is 14.4 Å². The molecule has 0 radical (unpaired) electrons. The van der Waals surface area contributed by atoms with Crippen molar-refractivity contribution in [2.75, 3.05) is 13.2 Å². The van der Waals surface area contributed by atoms with E-state index < -0.39 is 6.10 Å². The lowest BCUT2D eigenvalue weighted by Crippen LogP contribution is -2.30. The molecule has 0 aromatic carbocycles. The molecule has 0 bridgehead atoms. The van der Waals surface area contributed by atoms with Crippen molar-refractivity contribution >= 4 is 17.9 Å². The van der Waals surface area contributed by atoms with E-state index in [2.05, 4.69) is 75.5 Å². The first-order chi connectivity index (χ1) is 32.0. The lowest BCUT2D eigenvalue weighted by Gasteiger charge is -2.18. The van der Waals surface area contributed by atoms with Crippen molar-refractivity contribution in [3.63, 3.8) is 0 Å². The van der Waals surface area contributed by atoms with E-state index in [1.165, 1.54) is 89.9 Å². The Morgan fingerprint density at radius 2 is 0.692 bits per heavy atom. The summed E-state index contributed by atoms with van der Waals surface area (Å²) < 4.78 is 16.7. The Hall–Kier alpha value is -4.19. The third-order valence-corrected chi connectivity index (χ3v) is 10.6. The van der Waals surface area contributed by atoms with Crippen LogP contribution in [0.15, 0.2) is 122 Å². The lowest BCUT2D eigenvalue weighted by atomic mass is 10.1. The van der Waals surface area contributed by atoms with E-state index in [9.17, 15) is 14.4 Å². The van der Waals surface area contributed by atoms with Crippen LogP contribution < -0.4 is 0 Å². The molecule has 0 fully saturated rings. The molecule has 65 heavy (non-hydrogen) atoms. The van der Waals surface area contributed by atoms with E-state index in [0.29, 0.717) is 19.3 Å². The van der Waals surface area contributed by atoms with Crippen molar-refractivity contribution in [1.82, 2.24) is 0 Å². The van der Waals surface area contributed by atoms with E-state index in [0.717, 1.165) is 77.0 Å². The molecule has 0 amide bonds. The molecule has 0 spiro atoms. The molecule has 0 aliphatic carbocycles. The van der Waals surface area contributed by atoms with Gasteiger partial charge in [-0.15, -0.1) is 0 Å². The summed E-state index contributed by atoms with van der Waals surface area (Å²) in [5.74, 6) is -1.05. The normalized spacial score (nSPS) is 13.1. The van der Waals surface area contributed by atoms with Crippen LogP contribution in [-0.4, -0.2) is 37.2 Å². The molecule has 0 aliphatic heterocycles. The highest BCUT2D eigenvalue weighted by Crippen LogP contribution is 2.13. The highest BCUT2D eigenvalue weighted by Gasteiger charge is 2.19. The number of allylic oxidation sites excluding steroid dienone is 20. The number of hydrogen-bond donors (Lipinski definition) is 0. The van der Waals surface area contributed by atoms with Crippen LogP contribution in [0.5, 0.6) is 0 Å². The summed E-state index contributed by atoms with van der Waals surface area (Å²) in [6, 6.07) is 0. The van der Waals surface area contributed by atoms with E-state index in [1.54, 1.807) is 0 Å². The summed E-state index contributed by atoms with van der Waals surface area (Å²) >= 11 is 0. The maximum atomic E-state index is 12.8. The van der Waals surface area contributed by atoms with Crippen LogP contribution >= 0.6 is 0 Å². The molecule has 0 saturated carbocycles. The summed E-state index contributed by atoms with van der Waals surface area (Å²) in [7, 11) is 0. The molecule has 0 N–H and O–H groups in total. The molecule has 1 atom stereocenters. The highest BCUT2D eigenvalue weighted by atomic mass is 16.6. The standard InChI is InChI=1S/C59H94O6/c1-4-7-10-13-16-19-22-25-27-29-31-34-37-40-43-46-49-52-58(61)64-55-56(54-63-57(60)51-48-45-42-39-36-33-24-21-18-15-12-9-6-3)65-59(62)53-50-47-44-41-38-35-32-30-28-26-23-20-17-14-11-8-5-2/h7,10,13,16-17,19-20,22,25-29,31,33-34,36-37,42,45,56H,4-6,8-9,11-12,14-15,18,21,23-24,30,32,35,38-41,43-44,46-55H2,1-3H3/b10-7-,16-13-,20-17-,22-19-,27-25-,28-26-,31-29+,36-33-,37-34-,45-42-. The largest absolute Gasteiger partial charge is 0.462 e. The van der Waals surface area contributed by atoms with Gasteiger partial charge in [0.15, 0.2) is 6.10 Å². The minimum Gasteiger partial charge on any atom is -0.462 e. The first kappa shape index (κ1) is 60.8. The van der Waals surface area contributed by atoms with Crippen LogP contribution in [-0.2, 0) is 28.6 Å². The number of unbranched alkanes of at least 4 members (excludes halogenated alkanes) is 19. The van der Waals surface area contributed by atoms with Gasteiger partial charge in [-0.1, -0.05) is 226 Å². The zero-order chi connectivity index (χ0) is 47.2. The average molecular weight is 899 g/mol. The molecule has 0 aliphatic rings. The number of carbonyl (C=O) groups is 3. The second kappa shape index (κ2) is 52.4. The zero-order valence-electron chi connectivity index (χ0n) is 41.7. The van der Waals surface area contributed by atoms with Crippen molar-refractivity contribution in [3.8, 4) is 0 Å². The number of ether oxygens (including phenoxy) is 3. The number of rotatable bonds is 45. The molecule has 366 valence electrons. The van der Waals surface area contributed by atoms with E-state index in [4.69, 9.17) is 14.2 Å². The van der Waals surface area contributed by atoms with Gasteiger partial charge in [0.1, 0.15) is 13.2 Å². The van der Waals surface area contributed by atoms with Gasteiger partial charge < -0.3 is 14.2 Å². The van der Waals surface area contributed by atoms with Crippen molar-refractivity contribution in [1.29, 1.82) is 0 Å². The number of carbonyl (C=O) groups excluding carboxylic acids is 3. The quantitative estimate of drug-likeness (QED) is 0.0199. The average Bonchev–Trinajstić information content (AvgIpc) is 3.30. The first-order valence-corrected chi connectivity index (χ1v) is 26.1. The van der Waals surface area contributed by atoms with Gasteiger partial charge in [-0.25, -0.2) is 0 Å². The van der Waals surface area contributed by atoms with Crippen molar-refractivity contribution in [3.05, 3.63) is 122 Å². The number of esters is 3. The molecular weight excluding hydrogens is 805 g/mol. The van der Waals surface area contributed by atoms with Gasteiger partial charge >= 0.3 is 17.9 Å². The molecule has 0 heterocycles. The maximum absolute atomic E-state index is 12.8. The van der Waals surface area contributed by atoms with Gasteiger partial charge in [0.25, 0.3) is 0 Å². The Morgan fingerprint density at radius 3 is 1.20 bits per heavy atom. The molecule has 1 unspecified atom stereocenters. The Morgan fingerprint density at radius 1 is 0.338 bits per heavy atom. The van der Waals surface area contributed by atoms with Gasteiger partial charge in [0.2, 0.25) is 0 Å². The fourth-order valence-corrected chi connectivity index (χ4v) is 6.67. The molecule has 0 saturated heterocycles. The SMILES string of the molecule is CC\C=C/C=C\C=C/C=C\C=C\C=C/CCCCCC(=O)OCC(COC(=O)CC/C=C\C/C=C\CCCCCCCC)OC(=O)CCCCCCCCC/C=C\C/C=C\CCCCC. The predicted octanol–water partition coefficient (Wildman–Crippen LogP) is 17.3. The third kappa shape index (κ3) is 50.7. The molecule has 6 heteroatoms. The lowest BCUT2D eigenvalue weighted by molar-refractivity contribution is -0.166. The molecular formula is C59H94O6. The monoisotopic (exact) mass is 899 g/mol. The van der Waals surface area contributed by atoms with Crippen LogP contribution in [0.2, 0.25) is 0 Å². The van der Waals surface area contributed by atoms with E-state index in [-0.39, 0.29) is 37.5 Å². The van der Waals surface area contributed by atoms with Crippen LogP contribution in [0.25, 0.3) is 0 Å². The Kier molecular flexibility index (Phi) is 49.1. The van der Waals surface area contributed by atoms with Crippen molar-refractivity contribution in [2.24, 2.45) is 0 Å². The van der Waals surface area contributed by atoms with Gasteiger partial charge in [-0.2, -0.15) is 0 Å². The van der Waals surface area contributed by atoms with Gasteiger partial charge in [0, 0.05) is 19.3 Å². The second-order valence-corrected chi connectivity index (χ2v) is 16.8. The van der Waals surface area contributed by atoms with E-state index >= 15 is 0 Å². The Balaban J connectivity index is 4.57. The topological polar surface area (TPSA) is 78.9 Å². The summed E-state index contributed by atoms with van der Waals surface area (Å²) in [5, 5.41) is 0. The predicted molar refractivity (Wildman–Crippen MR) is 279 cm³/mol. The minimum absolute atomic E-state index is 0.125. The van der Waals surface area contributed by atoms with Crippen molar-refractivity contribution in [2.45, 2.75) is 219 Å². The molecule has 0 rings (SSSR count). The van der Waals surface area contributed by atoms with Crippen LogP contribution in [0, 0.1) is 0 Å². The first-order valence-electron chi connectivity index (χ1n) is 26.1. The maximum Gasteiger partial charge on any atom is 0.306 e. The highest BCUT2D eigenvalue weighted by molar-refractivity contribution is 5.71. The minimum atomic E-state index is -0.826.